The Labute approximate surface area is 85.2 Å². The fourth-order valence-electron chi connectivity index (χ4n) is 1.40. The van der Waals surface area contributed by atoms with Gasteiger partial charge in [-0.25, -0.2) is 0 Å². The third-order valence-corrected chi connectivity index (χ3v) is 2.19. The van der Waals surface area contributed by atoms with E-state index in [0.717, 1.165) is 12.2 Å². The van der Waals surface area contributed by atoms with Gasteiger partial charge in [0.2, 0.25) is 0 Å². The van der Waals surface area contributed by atoms with Gasteiger partial charge in [0, 0.05) is 24.8 Å². The topological polar surface area (TPSA) is 49.5 Å². The second-order valence-corrected chi connectivity index (χ2v) is 3.32. The van der Waals surface area contributed by atoms with E-state index in [1.54, 1.807) is 0 Å². The summed E-state index contributed by atoms with van der Waals surface area (Å²) in [5.41, 5.74) is 6.85. The summed E-state index contributed by atoms with van der Waals surface area (Å²) in [4.78, 5) is 2.15. The molecular formula is C11H18N2O. The van der Waals surface area contributed by atoms with E-state index in [2.05, 4.69) is 11.8 Å². The van der Waals surface area contributed by atoms with Gasteiger partial charge in [0.05, 0.1) is 6.61 Å². The minimum Gasteiger partial charge on any atom is -0.395 e. The minimum absolute atomic E-state index is 0.0311. The third kappa shape index (κ3) is 3.01. The molecule has 0 aliphatic rings. The normalized spacial score (nSPS) is 12.5. The van der Waals surface area contributed by atoms with Gasteiger partial charge in [-0.2, -0.15) is 0 Å². The summed E-state index contributed by atoms with van der Waals surface area (Å²) in [6, 6.07) is 9.92. The molecule has 0 unspecified atom stereocenters. The molecule has 0 aromatic heterocycles. The molecule has 0 bridgehead atoms. The van der Waals surface area contributed by atoms with Crippen molar-refractivity contribution in [3.8, 4) is 0 Å². The second kappa shape index (κ2) is 5.62. The summed E-state index contributed by atoms with van der Waals surface area (Å²) < 4.78 is 0. The first kappa shape index (κ1) is 11.0. The fraction of sp³-hybridized carbons (Fsp3) is 0.455. The Morgan fingerprint density at radius 2 is 2.00 bits per heavy atom. The van der Waals surface area contributed by atoms with Gasteiger partial charge in [0.15, 0.2) is 0 Å². The number of rotatable bonds is 5. The molecule has 1 rings (SSSR count). The lowest BCUT2D eigenvalue weighted by molar-refractivity contribution is 0.267. The number of likely N-dealkylation sites (N-methyl/N-ethyl adjacent to an activating group) is 1. The van der Waals surface area contributed by atoms with Gasteiger partial charge in [-0.05, 0) is 19.1 Å². The summed E-state index contributed by atoms with van der Waals surface area (Å²) in [7, 11) is 0. The molecule has 3 nitrogen and oxygen atoms in total. The first-order valence-electron chi connectivity index (χ1n) is 4.94. The lowest BCUT2D eigenvalue weighted by Gasteiger charge is -2.25. The highest BCUT2D eigenvalue weighted by Crippen LogP contribution is 2.12. The van der Waals surface area contributed by atoms with Gasteiger partial charge in [-0.15, -0.1) is 0 Å². The van der Waals surface area contributed by atoms with Crippen molar-refractivity contribution in [2.24, 2.45) is 5.73 Å². The Morgan fingerprint density at radius 1 is 1.36 bits per heavy atom. The van der Waals surface area contributed by atoms with E-state index in [-0.39, 0.29) is 12.6 Å². The maximum absolute atomic E-state index is 8.87. The molecule has 0 radical (unpaired) electrons. The lowest BCUT2D eigenvalue weighted by atomic mass is 10.2. The van der Waals surface area contributed by atoms with Gasteiger partial charge < -0.3 is 15.7 Å². The Morgan fingerprint density at radius 3 is 2.50 bits per heavy atom. The number of hydrogen-bond donors (Lipinski definition) is 2. The van der Waals surface area contributed by atoms with Crippen LogP contribution in [0, 0.1) is 0 Å². The SMILES string of the molecule is CCN(C[C@H](N)CO)c1ccccc1. The largest absolute Gasteiger partial charge is 0.395 e. The Kier molecular flexibility index (Phi) is 4.43. The summed E-state index contributed by atoms with van der Waals surface area (Å²) in [5, 5.41) is 8.87. The highest BCUT2D eigenvalue weighted by Gasteiger charge is 2.07. The first-order valence-corrected chi connectivity index (χ1v) is 4.94. The molecule has 1 atom stereocenters. The van der Waals surface area contributed by atoms with Crippen molar-refractivity contribution in [1.82, 2.24) is 0 Å². The molecule has 0 aliphatic heterocycles. The van der Waals surface area contributed by atoms with Crippen molar-refractivity contribution in [3.05, 3.63) is 30.3 Å². The lowest BCUT2D eigenvalue weighted by Crippen LogP contribution is -2.39. The highest BCUT2D eigenvalue weighted by atomic mass is 16.3. The molecule has 0 amide bonds. The summed E-state index contributed by atoms with van der Waals surface area (Å²) in [6.07, 6.45) is 0. The van der Waals surface area contributed by atoms with Crippen molar-refractivity contribution < 1.29 is 5.11 Å². The van der Waals surface area contributed by atoms with Crippen LogP contribution in [0.2, 0.25) is 0 Å². The Bertz CT molecular complexity index is 251. The van der Waals surface area contributed by atoms with Crippen molar-refractivity contribution in [3.63, 3.8) is 0 Å². The molecule has 3 heteroatoms. The molecule has 1 aromatic rings. The predicted octanol–water partition coefficient (Wildman–Crippen LogP) is 0.832. The average Bonchev–Trinajstić information content (AvgIpc) is 2.26. The smallest absolute Gasteiger partial charge is 0.0599 e. The maximum Gasteiger partial charge on any atom is 0.0599 e. The monoisotopic (exact) mass is 194 g/mol. The summed E-state index contributed by atoms with van der Waals surface area (Å²) in [5.74, 6) is 0. The van der Waals surface area contributed by atoms with E-state index < -0.39 is 0 Å². The van der Waals surface area contributed by atoms with Gasteiger partial charge in [-0.1, -0.05) is 18.2 Å². The van der Waals surface area contributed by atoms with Gasteiger partial charge in [-0.3, -0.25) is 0 Å². The van der Waals surface area contributed by atoms with E-state index in [9.17, 15) is 0 Å². The van der Waals surface area contributed by atoms with Crippen LogP contribution in [0.15, 0.2) is 30.3 Å². The molecule has 0 fully saturated rings. The zero-order valence-corrected chi connectivity index (χ0v) is 8.56. The fourth-order valence-corrected chi connectivity index (χ4v) is 1.40. The molecule has 0 saturated heterocycles. The molecule has 0 aliphatic carbocycles. The van der Waals surface area contributed by atoms with Crippen LogP contribution in [0.3, 0.4) is 0 Å². The van der Waals surface area contributed by atoms with E-state index in [1.807, 2.05) is 30.3 Å². The second-order valence-electron chi connectivity index (χ2n) is 3.32. The molecule has 14 heavy (non-hydrogen) atoms. The standard InChI is InChI=1S/C11H18N2O/c1-2-13(8-10(12)9-14)11-6-4-3-5-7-11/h3-7,10,14H,2,8-9,12H2,1H3/t10-/m0/s1. The average molecular weight is 194 g/mol. The number of anilines is 1. The quantitative estimate of drug-likeness (QED) is 0.730. The van der Waals surface area contributed by atoms with E-state index in [4.69, 9.17) is 10.8 Å². The number of hydrogen-bond acceptors (Lipinski definition) is 3. The van der Waals surface area contributed by atoms with Crippen LogP contribution in [0.1, 0.15) is 6.92 Å². The van der Waals surface area contributed by atoms with Crippen molar-refractivity contribution in [2.75, 3.05) is 24.6 Å². The van der Waals surface area contributed by atoms with Crippen LogP contribution >= 0.6 is 0 Å². The molecule has 0 saturated carbocycles. The van der Waals surface area contributed by atoms with E-state index in [0.29, 0.717) is 6.54 Å². The zero-order valence-electron chi connectivity index (χ0n) is 8.56. The van der Waals surface area contributed by atoms with Crippen molar-refractivity contribution in [1.29, 1.82) is 0 Å². The number of para-hydroxylation sites is 1. The van der Waals surface area contributed by atoms with Crippen LogP contribution < -0.4 is 10.6 Å². The Hall–Kier alpha value is -1.06. The third-order valence-electron chi connectivity index (χ3n) is 2.19. The molecule has 1 aromatic carbocycles. The maximum atomic E-state index is 8.87. The van der Waals surface area contributed by atoms with Crippen LogP contribution in [-0.4, -0.2) is 30.8 Å². The Balaban J connectivity index is 2.63. The minimum atomic E-state index is -0.171. The van der Waals surface area contributed by atoms with Crippen LogP contribution in [0.4, 0.5) is 5.69 Å². The number of aliphatic hydroxyl groups excluding tert-OH is 1. The highest BCUT2D eigenvalue weighted by molar-refractivity contribution is 5.45. The molecule has 3 N–H and O–H groups in total. The zero-order chi connectivity index (χ0) is 10.4. The number of aliphatic hydroxyl groups is 1. The van der Waals surface area contributed by atoms with Crippen LogP contribution in [0.25, 0.3) is 0 Å². The predicted molar refractivity (Wildman–Crippen MR) is 59.4 cm³/mol. The number of benzene rings is 1. The van der Waals surface area contributed by atoms with Crippen molar-refractivity contribution >= 4 is 5.69 Å². The molecule has 0 spiro atoms. The van der Waals surface area contributed by atoms with Crippen LogP contribution in [-0.2, 0) is 0 Å². The molecule has 0 heterocycles. The molecular weight excluding hydrogens is 176 g/mol. The summed E-state index contributed by atoms with van der Waals surface area (Å²) in [6.45, 7) is 3.70. The van der Waals surface area contributed by atoms with Crippen molar-refractivity contribution in [2.45, 2.75) is 13.0 Å². The number of nitrogens with zero attached hydrogens (tertiary/aromatic N) is 1. The van der Waals surface area contributed by atoms with Crippen LogP contribution in [0.5, 0.6) is 0 Å². The van der Waals surface area contributed by atoms with Gasteiger partial charge >= 0.3 is 0 Å². The van der Waals surface area contributed by atoms with Gasteiger partial charge in [0.25, 0.3) is 0 Å². The first-order chi connectivity index (χ1) is 6.77. The molecule has 78 valence electrons. The summed E-state index contributed by atoms with van der Waals surface area (Å²) >= 11 is 0. The van der Waals surface area contributed by atoms with E-state index >= 15 is 0 Å². The van der Waals surface area contributed by atoms with Gasteiger partial charge in [0.1, 0.15) is 0 Å². The number of nitrogens with two attached hydrogens (primary N) is 1. The van der Waals surface area contributed by atoms with E-state index in [1.165, 1.54) is 0 Å².